The Morgan fingerprint density at radius 1 is 1.12 bits per heavy atom. The Labute approximate surface area is 197 Å². The SMILES string of the molecule is CC(=O)O[C@@H]1[C@H]2[C@](C)(O)[C@H](O)C=C[C@]2(C)[C@@H](O)[C@H](OC(C)=O)C/C(C)=C\[C@@H]2OC(=O)[C@]3(C)O[C@@]213. The summed E-state index contributed by atoms with van der Waals surface area (Å²) in [6, 6.07) is 0. The molecule has 3 N–H and O–H groups in total. The minimum Gasteiger partial charge on any atom is -0.459 e. The summed E-state index contributed by atoms with van der Waals surface area (Å²) in [5.74, 6) is -3.16. The minimum atomic E-state index is -1.94. The van der Waals surface area contributed by atoms with Crippen molar-refractivity contribution >= 4 is 17.9 Å². The van der Waals surface area contributed by atoms with Crippen molar-refractivity contribution in [2.75, 3.05) is 0 Å². The molecule has 10 atom stereocenters. The van der Waals surface area contributed by atoms with Crippen molar-refractivity contribution in [2.45, 2.75) is 95.3 Å². The Balaban J connectivity index is 2.00. The van der Waals surface area contributed by atoms with E-state index in [1.807, 2.05) is 0 Å². The van der Waals surface area contributed by atoms with Gasteiger partial charge in [-0.2, -0.15) is 0 Å². The predicted molar refractivity (Wildman–Crippen MR) is 115 cm³/mol. The third-order valence-corrected chi connectivity index (χ3v) is 7.94. The maximum absolute atomic E-state index is 12.8. The van der Waals surface area contributed by atoms with Crippen LogP contribution < -0.4 is 0 Å². The standard InChI is InChI=1S/C24H32O10/c1-11-9-14(31-12(2)25)18(28)21(4)8-7-15(27)22(5,30)17(21)19(32-13(3)26)24-16(10-11)33-20(29)23(24,6)34-24/h7-8,10,14-19,27-28,30H,9H2,1-6H3/b11-10-/t14-,15-,16+,17-,18+,19-,21+,22-,23+,24+/m1/s1. The molecule has 1 spiro atoms. The van der Waals surface area contributed by atoms with Crippen LogP contribution in [-0.4, -0.2) is 80.6 Å². The molecule has 188 valence electrons. The molecule has 34 heavy (non-hydrogen) atoms. The van der Waals surface area contributed by atoms with E-state index in [4.69, 9.17) is 18.9 Å². The number of carbonyl (C=O) groups is 3. The number of ether oxygens (including phenoxy) is 4. The van der Waals surface area contributed by atoms with E-state index in [0.717, 1.165) is 0 Å². The van der Waals surface area contributed by atoms with Gasteiger partial charge in [0.2, 0.25) is 0 Å². The van der Waals surface area contributed by atoms with Crippen molar-refractivity contribution in [1.29, 1.82) is 0 Å². The van der Waals surface area contributed by atoms with E-state index in [2.05, 4.69) is 0 Å². The van der Waals surface area contributed by atoms with E-state index >= 15 is 0 Å². The van der Waals surface area contributed by atoms with Crippen LogP contribution in [0.3, 0.4) is 0 Å². The zero-order valence-electron chi connectivity index (χ0n) is 20.1. The van der Waals surface area contributed by atoms with Crippen LogP contribution in [0.15, 0.2) is 23.8 Å². The zero-order chi connectivity index (χ0) is 25.4. The zero-order valence-corrected chi connectivity index (χ0v) is 20.1. The maximum Gasteiger partial charge on any atom is 0.342 e. The average Bonchev–Trinajstić information content (AvgIpc) is 3.29. The molecule has 2 fully saturated rings. The number of aliphatic hydroxyl groups excluding tert-OH is 2. The van der Waals surface area contributed by atoms with Gasteiger partial charge in [0.25, 0.3) is 0 Å². The molecular weight excluding hydrogens is 448 g/mol. The van der Waals surface area contributed by atoms with Crippen LogP contribution in [-0.2, 0) is 33.3 Å². The lowest BCUT2D eigenvalue weighted by Crippen LogP contribution is -2.67. The third kappa shape index (κ3) is 3.26. The summed E-state index contributed by atoms with van der Waals surface area (Å²) in [5.41, 5.74) is -5.64. The molecule has 2 saturated heterocycles. The molecule has 0 aromatic rings. The summed E-state index contributed by atoms with van der Waals surface area (Å²) in [4.78, 5) is 37.0. The molecule has 0 unspecified atom stereocenters. The van der Waals surface area contributed by atoms with Crippen LogP contribution in [0.1, 0.15) is 48.0 Å². The van der Waals surface area contributed by atoms with Gasteiger partial charge in [0.05, 0.1) is 5.60 Å². The summed E-state index contributed by atoms with van der Waals surface area (Å²) in [7, 11) is 0. The van der Waals surface area contributed by atoms with E-state index in [0.29, 0.717) is 5.57 Å². The van der Waals surface area contributed by atoms with Crippen molar-refractivity contribution < 1.29 is 48.7 Å². The molecule has 10 heteroatoms. The van der Waals surface area contributed by atoms with Crippen molar-refractivity contribution in [3.8, 4) is 0 Å². The van der Waals surface area contributed by atoms with Crippen LogP contribution in [0.5, 0.6) is 0 Å². The molecule has 4 aliphatic rings. The molecule has 0 amide bonds. The summed E-state index contributed by atoms with van der Waals surface area (Å²) < 4.78 is 22.9. The first-order valence-electron chi connectivity index (χ1n) is 11.3. The second-order valence-corrected chi connectivity index (χ2v) is 10.5. The van der Waals surface area contributed by atoms with Crippen LogP contribution >= 0.6 is 0 Å². The van der Waals surface area contributed by atoms with Gasteiger partial charge in [-0.05, 0) is 26.8 Å². The first kappa shape index (κ1) is 24.8. The quantitative estimate of drug-likeness (QED) is 0.218. The van der Waals surface area contributed by atoms with E-state index in [1.165, 1.54) is 39.8 Å². The Morgan fingerprint density at radius 3 is 2.29 bits per heavy atom. The smallest absolute Gasteiger partial charge is 0.342 e. The highest BCUT2D eigenvalue weighted by Crippen LogP contribution is 2.65. The highest BCUT2D eigenvalue weighted by molar-refractivity contribution is 5.89. The Kier molecular flexibility index (Phi) is 5.56. The highest BCUT2D eigenvalue weighted by atomic mass is 16.7. The van der Waals surface area contributed by atoms with Gasteiger partial charge in [-0.25, -0.2) is 4.79 Å². The lowest BCUT2D eigenvalue weighted by molar-refractivity contribution is -0.217. The lowest BCUT2D eigenvalue weighted by Gasteiger charge is -2.54. The fourth-order valence-corrected chi connectivity index (χ4v) is 6.19. The van der Waals surface area contributed by atoms with Gasteiger partial charge in [-0.1, -0.05) is 24.6 Å². The summed E-state index contributed by atoms with van der Waals surface area (Å²) in [5, 5.41) is 33.9. The molecule has 0 radical (unpaired) electrons. The van der Waals surface area contributed by atoms with Crippen LogP contribution in [0.4, 0.5) is 0 Å². The van der Waals surface area contributed by atoms with E-state index < -0.39 is 76.6 Å². The van der Waals surface area contributed by atoms with Gasteiger partial charge in [0.15, 0.2) is 17.3 Å². The minimum absolute atomic E-state index is 0.112. The van der Waals surface area contributed by atoms with Gasteiger partial charge >= 0.3 is 17.9 Å². The topological polar surface area (TPSA) is 152 Å². The van der Waals surface area contributed by atoms with Crippen LogP contribution in [0.25, 0.3) is 0 Å². The fourth-order valence-electron chi connectivity index (χ4n) is 6.19. The number of aliphatic hydroxyl groups is 3. The second kappa shape index (κ2) is 7.61. The average molecular weight is 481 g/mol. The van der Waals surface area contributed by atoms with E-state index in [9.17, 15) is 29.7 Å². The van der Waals surface area contributed by atoms with Gasteiger partial charge < -0.3 is 34.3 Å². The van der Waals surface area contributed by atoms with Crippen molar-refractivity contribution in [3.63, 3.8) is 0 Å². The van der Waals surface area contributed by atoms with Crippen LogP contribution in [0.2, 0.25) is 0 Å². The monoisotopic (exact) mass is 480 g/mol. The molecule has 0 aromatic carbocycles. The summed E-state index contributed by atoms with van der Waals surface area (Å²) in [6.45, 7) is 8.66. The van der Waals surface area contributed by atoms with Gasteiger partial charge in [-0.3, -0.25) is 9.59 Å². The van der Waals surface area contributed by atoms with Gasteiger partial charge in [-0.15, -0.1) is 0 Å². The molecule has 10 nitrogen and oxygen atoms in total. The number of epoxide rings is 1. The van der Waals surface area contributed by atoms with Crippen LogP contribution in [0, 0.1) is 11.3 Å². The van der Waals surface area contributed by atoms with Gasteiger partial charge in [0.1, 0.15) is 24.4 Å². The Bertz CT molecular complexity index is 984. The molecule has 2 aliphatic carbocycles. The highest BCUT2D eigenvalue weighted by Gasteiger charge is 2.87. The largest absolute Gasteiger partial charge is 0.459 e. The molecule has 2 aliphatic heterocycles. The normalized spacial score (nSPS) is 51.1. The molecular formula is C24H32O10. The van der Waals surface area contributed by atoms with Crippen molar-refractivity contribution in [2.24, 2.45) is 11.3 Å². The molecule has 4 rings (SSSR count). The fraction of sp³-hybridized carbons (Fsp3) is 0.708. The molecule has 0 saturated carbocycles. The predicted octanol–water partition coefficient (Wildman–Crippen LogP) is 0.318. The summed E-state index contributed by atoms with van der Waals surface area (Å²) in [6.07, 6.45) is -1.48. The Hall–Kier alpha value is -2.27. The van der Waals surface area contributed by atoms with E-state index in [-0.39, 0.29) is 6.42 Å². The number of esters is 3. The number of carbonyl (C=O) groups excluding carboxylic acids is 3. The number of fused-ring (bicyclic) bond motifs is 1. The Morgan fingerprint density at radius 2 is 1.74 bits per heavy atom. The molecule has 0 bridgehead atoms. The van der Waals surface area contributed by atoms with E-state index in [1.54, 1.807) is 19.9 Å². The number of hydrogen-bond acceptors (Lipinski definition) is 10. The van der Waals surface area contributed by atoms with Crippen molar-refractivity contribution in [1.82, 2.24) is 0 Å². The first-order valence-corrected chi connectivity index (χ1v) is 11.3. The molecule has 0 aromatic heterocycles. The van der Waals surface area contributed by atoms with Crippen molar-refractivity contribution in [3.05, 3.63) is 23.8 Å². The molecule has 2 heterocycles. The summed E-state index contributed by atoms with van der Waals surface area (Å²) >= 11 is 0. The second-order valence-electron chi connectivity index (χ2n) is 10.5. The number of rotatable bonds is 2. The number of hydrogen-bond donors (Lipinski definition) is 3. The first-order chi connectivity index (χ1) is 15.6. The van der Waals surface area contributed by atoms with Gasteiger partial charge in [0, 0.05) is 31.6 Å². The lowest BCUT2D eigenvalue weighted by atomic mass is 9.55. The maximum atomic E-state index is 12.8. The third-order valence-electron chi connectivity index (χ3n) is 7.94.